The SMILES string of the molecule is CC(C)CN(CCN(C)C)S(=O)(=O)CCCC(=O)O. The average Bonchev–Trinajstić information content (AvgIpc) is 2.22. The molecule has 1 N–H and O–H groups in total. The van der Waals surface area contributed by atoms with E-state index in [1.165, 1.54) is 4.31 Å². The van der Waals surface area contributed by atoms with Crippen LogP contribution in [0.4, 0.5) is 0 Å². The summed E-state index contributed by atoms with van der Waals surface area (Å²) >= 11 is 0. The quantitative estimate of drug-likeness (QED) is 0.642. The van der Waals surface area contributed by atoms with Gasteiger partial charge < -0.3 is 10.0 Å². The van der Waals surface area contributed by atoms with Crippen molar-refractivity contribution >= 4 is 16.0 Å². The minimum Gasteiger partial charge on any atom is -0.481 e. The zero-order valence-corrected chi connectivity index (χ0v) is 13.1. The number of carbonyl (C=O) groups is 1. The molecule has 0 saturated carbocycles. The van der Waals surface area contributed by atoms with Gasteiger partial charge in [-0.3, -0.25) is 4.79 Å². The number of nitrogens with zero attached hydrogens (tertiary/aromatic N) is 2. The van der Waals surface area contributed by atoms with E-state index in [2.05, 4.69) is 0 Å². The van der Waals surface area contributed by atoms with E-state index in [9.17, 15) is 13.2 Å². The molecule has 0 bridgehead atoms. The molecule has 0 aromatic carbocycles. The van der Waals surface area contributed by atoms with Crippen LogP contribution >= 0.6 is 0 Å². The van der Waals surface area contributed by atoms with Gasteiger partial charge in [-0.25, -0.2) is 12.7 Å². The summed E-state index contributed by atoms with van der Waals surface area (Å²) in [4.78, 5) is 12.4. The first-order valence-electron chi connectivity index (χ1n) is 6.49. The highest BCUT2D eigenvalue weighted by molar-refractivity contribution is 7.89. The highest BCUT2D eigenvalue weighted by atomic mass is 32.2. The molecule has 7 heteroatoms. The van der Waals surface area contributed by atoms with Crippen LogP contribution in [0.25, 0.3) is 0 Å². The number of likely N-dealkylation sites (N-methyl/N-ethyl adjacent to an activating group) is 1. The number of aliphatic carboxylic acids is 1. The fraction of sp³-hybridized carbons (Fsp3) is 0.917. The molecule has 0 aromatic rings. The molecule has 0 atom stereocenters. The third kappa shape index (κ3) is 8.96. The zero-order valence-electron chi connectivity index (χ0n) is 12.3. The van der Waals surface area contributed by atoms with Crippen LogP contribution in [0.5, 0.6) is 0 Å². The Labute approximate surface area is 116 Å². The Morgan fingerprint density at radius 2 is 1.79 bits per heavy atom. The standard InChI is InChI=1S/C12H26N2O4S/c1-11(2)10-14(8-7-13(3)4)19(17,18)9-5-6-12(15)16/h11H,5-10H2,1-4H3,(H,15,16). The van der Waals surface area contributed by atoms with Gasteiger partial charge in [0.1, 0.15) is 0 Å². The van der Waals surface area contributed by atoms with Crippen LogP contribution in [0.2, 0.25) is 0 Å². The van der Waals surface area contributed by atoms with Gasteiger partial charge in [0.25, 0.3) is 0 Å². The molecule has 114 valence electrons. The zero-order chi connectivity index (χ0) is 15.1. The van der Waals surface area contributed by atoms with Crippen molar-refractivity contribution in [1.29, 1.82) is 0 Å². The van der Waals surface area contributed by atoms with Crippen LogP contribution in [-0.2, 0) is 14.8 Å². The van der Waals surface area contributed by atoms with Crippen molar-refractivity contribution in [3.63, 3.8) is 0 Å². The number of hydrogen-bond donors (Lipinski definition) is 1. The maximum atomic E-state index is 12.2. The van der Waals surface area contributed by atoms with Gasteiger partial charge in [0.2, 0.25) is 10.0 Å². The lowest BCUT2D eigenvalue weighted by Crippen LogP contribution is -2.40. The number of carboxylic acid groups (broad SMARTS) is 1. The minimum absolute atomic E-state index is 0.0978. The van der Waals surface area contributed by atoms with Crippen molar-refractivity contribution in [1.82, 2.24) is 9.21 Å². The lowest BCUT2D eigenvalue weighted by Gasteiger charge is -2.25. The van der Waals surface area contributed by atoms with E-state index in [1.807, 2.05) is 32.8 Å². The lowest BCUT2D eigenvalue weighted by atomic mass is 10.2. The Morgan fingerprint density at radius 3 is 2.21 bits per heavy atom. The van der Waals surface area contributed by atoms with Crippen LogP contribution in [0.1, 0.15) is 26.7 Å². The van der Waals surface area contributed by atoms with Crippen LogP contribution in [0.3, 0.4) is 0 Å². The van der Waals surface area contributed by atoms with Crippen molar-refractivity contribution in [3.05, 3.63) is 0 Å². The smallest absolute Gasteiger partial charge is 0.303 e. The fourth-order valence-electron chi connectivity index (χ4n) is 1.60. The monoisotopic (exact) mass is 294 g/mol. The maximum Gasteiger partial charge on any atom is 0.303 e. The molecule has 0 rings (SSSR count). The van der Waals surface area contributed by atoms with E-state index in [1.54, 1.807) is 0 Å². The van der Waals surface area contributed by atoms with Gasteiger partial charge in [-0.2, -0.15) is 0 Å². The third-order valence-electron chi connectivity index (χ3n) is 2.55. The number of carboxylic acids is 1. The normalized spacial score (nSPS) is 12.6. The van der Waals surface area contributed by atoms with Gasteiger partial charge in [0, 0.05) is 26.1 Å². The number of sulfonamides is 1. The molecule has 19 heavy (non-hydrogen) atoms. The Kier molecular flexibility index (Phi) is 8.20. The highest BCUT2D eigenvalue weighted by Crippen LogP contribution is 2.09. The molecule has 6 nitrogen and oxygen atoms in total. The second-order valence-electron chi connectivity index (χ2n) is 5.37. The average molecular weight is 294 g/mol. The van der Waals surface area contributed by atoms with Crippen LogP contribution in [0, 0.1) is 5.92 Å². The molecule has 0 saturated heterocycles. The van der Waals surface area contributed by atoms with Gasteiger partial charge in [-0.15, -0.1) is 0 Å². The summed E-state index contributed by atoms with van der Waals surface area (Å²) in [5.74, 6) is -0.810. The summed E-state index contributed by atoms with van der Waals surface area (Å²) in [5.41, 5.74) is 0. The van der Waals surface area contributed by atoms with Crippen molar-refractivity contribution < 1.29 is 18.3 Å². The van der Waals surface area contributed by atoms with E-state index in [0.717, 1.165) is 0 Å². The molecule has 0 aliphatic carbocycles. The number of hydrogen-bond acceptors (Lipinski definition) is 4. The summed E-state index contributed by atoms with van der Waals surface area (Å²) in [6.07, 6.45) is 0.0522. The molecular formula is C12H26N2O4S. The first kappa shape index (κ1) is 18.3. The Bertz CT molecular complexity index is 366. The van der Waals surface area contributed by atoms with E-state index in [0.29, 0.717) is 19.6 Å². The lowest BCUT2D eigenvalue weighted by molar-refractivity contribution is -0.137. The minimum atomic E-state index is -3.37. The maximum absolute atomic E-state index is 12.2. The van der Waals surface area contributed by atoms with Gasteiger partial charge in [-0.05, 0) is 26.4 Å². The summed E-state index contributed by atoms with van der Waals surface area (Å²) in [6.45, 7) is 5.51. The largest absolute Gasteiger partial charge is 0.481 e. The van der Waals surface area contributed by atoms with Gasteiger partial charge in [0.15, 0.2) is 0 Å². The van der Waals surface area contributed by atoms with Crippen molar-refractivity contribution in [3.8, 4) is 0 Å². The van der Waals surface area contributed by atoms with E-state index in [4.69, 9.17) is 5.11 Å². The topological polar surface area (TPSA) is 77.9 Å². The van der Waals surface area contributed by atoms with E-state index in [-0.39, 0.29) is 24.5 Å². The predicted octanol–water partition coefficient (Wildman–Crippen LogP) is 0.701. The first-order chi connectivity index (χ1) is 8.65. The van der Waals surface area contributed by atoms with Gasteiger partial charge in [0.05, 0.1) is 5.75 Å². The summed E-state index contributed by atoms with van der Waals surface area (Å²) in [6, 6.07) is 0. The van der Waals surface area contributed by atoms with E-state index < -0.39 is 16.0 Å². The molecule has 0 spiro atoms. The van der Waals surface area contributed by atoms with Gasteiger partial charge >= 0.3 is 5.97 Å². The second-order valence-corrected chi connectivity index (χ2v) is 7.46. The fourth-order valence-corrected chi connectivity index (χ4v) is 3.25. The molecule has 0 amide bonds. The Balaban J connectivity index is 4.56. The summed E-state index contributed by atoms with van der Waals surface area (Å²) < 4.78 is 25.8. The molecule has 0 aliphatic rings. The van der Waals surface area contributed by atoms with Gasteiger partial charge in [-0.1, -0.05) is 13.8 Å². The predicted molar refractivity (Wildman–Crippen MR) is 75.6 cm³/mol. The van der Waals surface area contributed by atoms with Crippen molar-refractivity contribution in [2.75, 3.05) is 39.5 Å². The molecular weight excluding hydrogens is 268 g/mol. The summed E-state index contributed by atoms with van der Waals surface area (Å²) in [7, 11) is 0.421. The second kappa shape index (κ2) is 8.50. The molecule has 0 aliphatic heterocycles. The molecule has 0 unspecified atom stereocenters. The Hall–Kier alpha value is -0.660. The van der Waals surface area contributed by atoms with Crippen molar-refractivity contribution in [2.45, 2.75) is 26.7 Å². The molecule has 0 radical (unpaired) electrons. The highest BCUT2D eigenvalue weighted by Gasteiger charge is 2.22. The Morgan fingerprint density at radius 1 is 1.21 bits per heavy atom. The molecule has 0 aromatic heterocycles. The molecule has 0 heterocycles. The summed E-state index contributed by atoms with van der Waals surface area (Å²) in [5, 5.41) is 8.56. The van der Waals surface area contributed by atoms with Crippen LogP contribution in [-0.4, -0.2) is 68.2 Å². The molecule has 0 fully saturated rings. The van der Waals surface area contributed by atoms with Crippen LogP contribution < -0.4 is 0 Å². The van der Waals surface area contributed by atoms with E-state index >= 15 is 0 Å². The first-order valence-corrected chi connectivity index (χ1v) is 8.10. The van der Waals surface area contributed by atoms with Crippen LogP contribution in [0.15, 0.2) is 0 Å². The number of rotatable bonds is 10. The third-order valence-corrected chi connectivity index (χ3v) is 4.47. The van der Waals surface area contributed by atoms with Crippen molar-refractivity contribution in [2.24, 2.45) is 5.92 Å².